The molecular weight excluding hydrogens is 180 g/mol. The van der Waals surface area contributed by atoms with Gasteiger partial charge in [0.15, 0.2) is 0 Å². The Balaban J connectivity index is 3.58. The summed E-state index contributed by atoms with van der Waals surface area (Å²) in [5.41, 5.74) is 5.40. The summed E-state index contributed by atoms with van der Waals surface area (Å²) in [4.78, 5) is 13.3. The molecule has 4 heteroatoms. The van der Waals surface area contributed by atoms with Crippen molar-refractivity contribution in [1.82, 2.24) is 4.90 Å². The van der Waals surface area contributed by atoms with Crippen molar-refractivity contribution in [2.45, 2.75) is 26.7 Å². The smallest absolute Gasteiger partial charge is 0.222 e. The molecule has 0 fully saturated rings. The van der Waals surface area contributed by atoms with Gasteiger partial charge in [-0.1, -0.05) is 0 Å². The average Bonchev–Trinajstić information content (AvgIpc) is 2.20. The quantitative estimate of drug-likeness (QED) is 0.587. The summed E-state index contributed by atoms with van der Waals surface area (Å²) >= 11 is 0. The van der Waals surface area contributed by atoms with Gasteiger partial charge in [-0.15, -0.1) is 0 Å². The predicted octanol–water partition coefficient (Wildman–Crippen LogP) is 0.610. The van der Waals surface area contributed by atoms with Crippen LogP contribution in [0.15, 0.2) is 0 Å². The van der Waals surface area contributed by atoms with Crippen LogP contribution in [0.2, 0.25) is 0 Å². The van der Waals surface area contributed by atoms with Crippen molar-refractivity contribution in [3.8, 4) is 0 Å². The molecule has 0 aromatic rings. The number of hydrogen-bond acceptors (Lipinski definition) is 3. The van der Waals surface area contributed by atoms with E-state index in [2.05, 4.69) is 0 Å². The number of amides is 1. The van der Waals surface area contributed by atoms with Gasteiger partial charge in [0.05, 0.1) is 0 Å². The van der Waals surface area contributed by atoms with Crippen LogP contribution in [0.3, 0.4) is 0 Å². The highest BCUT2D eigenvalue weighted by Gasteiger charge is 2.09. The molecule has 4 nitrogen and oxygen atoms in total. The molecule has 84 valence electrons. The van der Waals surface area contributed by atoms with Gasteiger partial charge in [-0.3, -0.25) is 4.79 Å². The molecule has 2 N–H and O–H groups in total. The summed E-state index contributed by atoms with van der Waals surface area (Å²) in [6.45, 7) is 7.24. The van der Waals surface area contributed by atoms with E-state index in [0.29, 0.717) is 32.7 Å². The minimum atomic E-state index is 0.178. The number of nitrogens with two attached hydrogens (primary N) is 1. The van der Waals surface area contributed by atoms with Crippen molar-refractivity contribution in [3.05, 3.63) is 0 Å². The number of rotatable bonds is 8. The molecule has 14 heavy (non-hydrogen) atoms. The molecule has 0 aliphatic heterocycles. The monoisotopic (exact) mass is 202 g/mol. The lowest BCUT2D eigenvalue weighted by Crippen LogP contribution is -2.35. The molecule has 0 aromatic heterocycles. The van der Waals surface area contributed by atoms with Crippen LogP contribution in [0.5, 0.6) is 0 Å². The van der Waals surface area contributed by atoms with Crippen molar-refractivity contribution in [2.75, 3.05) is 32.8 Å². The summed E-state index contributed by atoms with van der Waals surface area (Å²) in [6.07, 6.45) is 1.36. The van der Waals surface area contributed by atoms with Crippen LogP contribution in [-0.2, 0) is 9.53 Å². The van der Waals surface area contributed by atoms with E-state index in [0.717, 1.165) is 13.0 Å². The van der Waals surface area contributed by atoms with Gasteiger partial charge in [0.2, 0.25) is 5.91 Å². The summed E-state index contributed by atoms with van der Waals surface area (Å²) in [7, 11) is 0. The van der Waals surface area contributed by atoms with Crippen molar-refractivity contribution in [1.29, 1.82) is 0 Å². The molecule has 0 unspecified atom stereocenters. The summed E-state index contributed by atoms with van der Waals surface area (Å²) in [6, 6.07) is 0. The third-order valence-electron chi connectivity index (χ3n) is 2.02. The molecule has 0 radical (unpaired) electrons. The molecule has 0 heterocycles. The lowest BCUT2D eigenvalue weighted by atomic mass is 10.3. The number of ether oxygens (including phenoxy) is 1. The van der Waals surface area contributed by atoms with E-state index in [4.69, 9.17) is 10.5 Å². The number of likely N-dealkylation sites (N-methyl/N-ethyl adjacent to an activating group) is 1. The molecule has 0 spiro atoms. The van der Waals surface area contributed by atoms with Crippen molar-refractivity contribution in [2.24, 2.45) is 5.73 Å². The van der Waals surface area contributed by atoms with Gasteiger partial charge in [0.1, 0.15) is 0 Å². The minimum Gasteiger partial charge on any atom is -0.382 e. The second-order valence-electron chi connectivity index (χ2n) is 3.06. The zero-order valence-electron chi connectivity index (χ0n) is 9.29. The fourth-order valence-corrected chi connectivity index (χ4v) is 1.24. The molecule has 0 aliphatic carbocycles. The first-order chi connectivity index (χ1) is 6.76. The Bertz CT molecular complexity index is 151. The average molecular weight is 202 g/mol. The van der Waals surface area contributed by atoms with Crippen LogP contribution in [-0.4, -0.2) is 43.7 Å². The van der Waals surface area contributed by atoms with Gasteiger partial charge in [0, 0.05) is 39.3 Å². The second-order valence-corrected chi connectivity index (χ2v) is 3.06. The largest absolute Gasteiger partial charge is 0.382 e. The zero-order valence-corrected chi connectivity index (χ0v) is 9.29. The second kappa shape index (κ2) is 8.97. The highest BCUT2D eigenvalue weighted by molar-refractivity contribution is 5.76. The first kappa shape index (κ1) is 13.4. The van der Waals surface area contributed by atoms with Gasteiger partial charge >= 0.3 is 0 Å². The third kappa shape index (κ3) is 5.94. The summed E-state index contributed by atoms with van der Waals surface area (Å²) in [5, 5.41) is 0. The van der Waals surface area contributed by atoms with Crippen LogP contribution in [0.1, 0.15) is 26.7 Å². The summed E-state index contributed by atoms with van der Waals surface area (Å²) in [5.74, 6) is 0.178. The van der Waals surface area contributed by atoms with Crippen LogP contribution in [0, 0.1) is 0 Å². The highest BCUT2D eigenvalue weighted by Crippen LogP contribution is 1.97. The topological polar surface area (TPSA) is 55.6 Å². The molecule has 0 bridgehead atoms. The fraction of sp³-hybridized carbons (Fsp3) is 0.900. The van der Waals surface area contributed by atoms with E-state index < -0.39 is 0 Å². The zero-order chi connectivity index (χ0) is 10.8. The van der Waals surface area contributed by atoms with Crippen LogP contribution < -0.4 is 5.73 Å². The van der Waals surface area contributed by atoms with Gasteiger partial charge in [-0.05, 0) is 20.3 Å². The first-order valence-corrected chi connectivity index (χ1v) is 5.31. The van der Waals surface area contributed by atoms with E-state index in [1.807, 2.05) is 13.8 Å². The molecule has 0 saturated carbocycles. The maximum absolute atomic E-state index is 11.5. The van der Waals surface area contributed by atoms with E-state index >= 15 is 0 Å². The normalized spacial score (nSPS) is 10.2. The minimum absolute atomic E-state index is 0.178. The number of hydrogen-bond donors (Lipinski definition) is 1. The number of carbonyl (C=O) groups is 1. The fourth-order valence-electron chi connectivity index (χ4n) is 1.24. The maximum Gasteiger partial charge on any atom is 0.222 e. The van der Waals surface area contributed by atoms with Crippen molar-refractivity contribution >= 4 is 5.91 Å². The maximum atomic E-state index is 11.5. The summed E-state index contributed by atoms with van der Waals surface area (Å²) < 4.78 is 5.16. The van der Waals surface area contributed by atoms with Gasteiger partial charge in [0.25, 0.3) is 0 Å². The van der Waals surface area contributed by atoms with Gasteiger partial charge in [-0.2, -0.15) is 0 Å². The molecule has 0 atom stereocenters. The van der Waals surface area contributed by atoms with Crippen LogP contribution in [0.25, 0.3) is 0 Å². The van der Waals surface area contributed by atoms with E-state index in [1.54, 1.807) is 4.90 Å². The third-order valence-corrected chi connectivity index (χ3v) is 2.02. The Hall–Kier alpha value is -0.610. The molecule has 0 aliphatic rings. The Labute approximate surface area is 86.4 Å². The molecular formula is C10H22N2O2. The van der Waals surface area contributed by atoms with E-state index in [9.17, 15) is 4.79 Å². The Morgan fingerprint density at radius 3 is 2.64 bits per heavy atom. The standard InChI is InChI=1S/C10H22N2O2/c1-3-12(8-7-11)10(13)6-5-9-14-4-2/h3-9,11H2,1-2H3. The Kier molecular flexibility index (Phi) is 8.57. The van der Waals surface area contributed by atoms with E-state index in [-0.39, 0.29) is 5.91 Å². The number of carbonyl (C=O) groups excluding carboxylic acids is 1. The Morgan fingerprint density at radius 2 is 2.14 bits per heavy atom. The van der Waals surface area contributed by atoms with Crippen LogP contribution in [0.4, 0.5) is 0 Å². The van der Waals surface area contributed by atoms with Gasteiger partial charge < -0.3 is 15.4 Å². The lowest BCUT2D eigenvalue weighted by Gasteiger charge is -2.19. The van der Waals surface area contributed by atoms with Crippen molar-refractivity contribution < 1.29 is 9.53 Å². The highest BCUT2D eigenvalue weighted by atomic mass is 16.5. The first-order valence-electron chi connectivity index (χ1n) is 5.31. The Morgan fingerprint density at radius 1 is 1.43 bits per heavy atom. The lowest BCUT2D eigenvalue weighted by molar-refractivity contribution is -0.131. The number of nitrogens with zero attached hydrogens (tertiary/aromatic N) is 1. The molecule has 0 saturated heterocycles. The van der Waals surface area contributed by atoms with Crippen molar-refractivity contribution in [3.63, 3.8) is 0 Å². The SMILES string of the molecule is CCOCCCC(=O)N(CC)CCN. The molecule has 0 aromatic carbocycles. The van der Waals surface area contributed by atoms with Crippen LogP contribution >= 0.6 is 0 Å². The van der Waals surface area contributed by atoms with E-state index in [1.165, 1.54) is 0 Å². The molecule has 0 rings (SSSR count). The predicted molar refractivity (Wildman–Crippen MR) is 57.0 cm³/mol. The molecule has 1 amide bonds. The van der Waals surface area contributed by atoms with Gasteiger partial charge in [-0.25, -0.2) is 0 Å².